The predicted molar refractivity (Wildman–Crippen MR) is 136 cm³/mol. The molecule has 1 aliphatic heterocycles. The molecule has 4 rings (SSSR count). The van der Waals surface area contributed by atoms with E-state index in [9.17, 15) is 31.2 Å². The first-order chi connectivity index (χ1) is 17.7. The molecular formula is C23H24ClF3N6O4S. The van der Waals surface area contributed by atoms with Crippen molar-refractivity contribution >= 4 is 50.1 Å². The lowest BCUT2D eigenvalue weighted by atomic mass is 10.0. The highest BCUT2D eigenvalue weighted by atomic mass is 35.5. The van der Waals surface area contributed by atoms with Gasteiger partial charge in [-0.3, -0.25) is 14.2 Å². The van der Waals surface area contributed by atoms with Crippen molar-refractivity contribution in [3.05, 3.63) is 51.2 Å². The van der Waals surface area contributed by atoms with Gasteiger partial charge in [-0.15, -0.1) is 0 Å². The summed E-state index contributed by atoms with van der Waals surface area (Å²) in [5, 5.41) is 2.17. The Hall–Kier alpha value is -3.39. The Morgan fingerprint density at radius 2 is 1.84 bits per heavy atom. The molecule has 15 heteroatoms. The molecule has 1 atom stereocenters. The second-order valence-corrected chi connectivity index (χ2v) is 11.0. The maximum Gasteiger partial charge on any atom is 0.283 e. The largest absolute Gasteiger partial charge is 0.376 e. The zero-order chi connectivity index (χ0) is 28.0. The highest BCUT2D eigenvalue weighted by Gasteiger charge is 2.35. The van der Waals surface area contributed by atoms with Crippen LogP contribution >= 0.6 is 11.6 Å². The molecule has 2 aromatic heterocycles. The quantitative estimate of drug-likeness (QED) is 0.431. The zero-order valence-electron chi connectivity index (χ0n) is 20.6. The summed E-state index contributed by atoms with van der Waals surface area (Å²) >= 11 is 5.89. The molecule has 0 radical (unpaired) electrons. The summed E-state index contributed by atoms with van der Waals surface area (Å²) < 4.78 is 70.4. The van der Waals surface area contributed by atoms with Crippen molar-refractivity contribution in [3.63, 3.8) is 0 Å². The Bertz CT molecular complexity index is 1590. The van der Waals surface area contributed by atoms with E-state index in [2.05, 4.69) is 15.3 Å². The van der Waals surface area contributed by atoms with E-state index in [1.165, 1.54) is 23.7 Å². The summed E-state index contributed by atoms with van der Waals surface area (Å²) in [6, 6.07) is 4.00. The van der Waals surface area contributed by atoms with Crippen molar-refractivity contribution in [2.75, 3.05) is 23.3 Å². The maximum atomic E-state index is 14.6. The summed E-state index contributed by atoms with van der Waals surface area (Å²) in [5.74, 6) is -4.23. The lowest BCUT2D eigenvalue weighted by Crippen LogP contribution is -2.42. The van der Waals surface area contributed by atoms with Gasteiger partial charge in [0.2, 0.25) is 16.9 Å². The van der Waals surface area contributed by atoms with Crippen molar-refractivity contribution in [1.82, 2.24) is 19.3 Å². The van der Waals surface area contributed by atoms with Crippen LogP contribution in [0.2, 0.25) is 5.15 Å². The number of nitrogens with one attached hydrogen (secondary N) is 2. The van der Waals surface area contributed by atoms with E-state index in [-0.39, 0.29) is 46.3 Å². The van der Waals surface area contributed by atoms with E-state index in [1.54, 1.807) is 11.8 Å². The molecule has 1 saturated heterocycles. The Morgan fingerprint density at radius 1 is 1.18 bits per heavy atom. The van der Waals surface area contributed by atoms with Gasteiger partial charge in [-0.25, -0.2) is 27.9 Å². The molecule has 0 saturated carbocycles. The van der Waals surface area contributed by atoms with Crippen LogP contribution in [0.5, 0.6) is 0 Å². The molecule has 3 aromatic rings. The van der Waals surface area contributed by atoms with Gasteiger partial charge in [0.05, 0.1) is 22.6 Å². The third-order valence-electron chi connectivity index (χ3n) is 6.13. The number of alkyl halides is 2. The highest BCUT2D eigenvalue weighted by Crippen LogP contribution is 2.32. The van der Waals surface area contributed by atoms with Gasteiger partial charge in [-0.1, -0.05) is 11.6 Å². The van der Waals surface area contributed by atoms with Crippen molar-refractivity contribution < 1.29 is 26.4 Å². The molecule has 0 unspecified atom stereocenters. The first-order valence-electron chi connectivity index (χ1n) is 11.5. The number of carbonyl (C=O) groups excluding carboxylic acids is 1. The number of hydrogen-bond acceptors (Lipinski definition) is 8. The normalized spacial score (nSPS) is 16.3. The van der Waals surface area contributed by atoms with Crippen LogP contribution in [-0.2, 0) is 21.9 Å². The van der Waals surface area contributed by atoms with E-state index >= 15 is 0 Å². The van der Waals surface area contributed by atoms with Gasteiger partial charge < -0.3 is 10.2 Å². The van der Waals surface area contributed by atoms with Gasteiger partial charge in [0.15, 0.2) is 0 Å². The molecule has 0 aliphatic carbocycles. The fourth-order valence-corrected chi connectivity index (χ4v) is 5.59. The van der Waals surface area contributed by atoms with Crippen LogP contribution in [0.15, 0.2) is 34.1 Å². The number of anilines is 2. The number of hydrogen-bond donors (Lipinski definition) is 2. The molecule has 2 N–H and O–H groups in total. The van der Waals surface area contributed by atoms with Crippen LogP contribution in [0.3, 0.4) is 0 Å². The Labute approximate surface area is 220 Å². The average Bonchev–Trinajstić information content (AvgIpc) is 2.81. The first-order valence-corrected chi connectivity index (χ1v) is 13.3. The topological polar surface area (TPSA) is 126 Å². The lowest BCUT2D eigenvalue weighted by Gasteiger charge is -2.33. The molecule has 3 heterocycles. The predicted octanol–water partition coefficient (Wildman–Crippen LogP) is 3.35. The summed E-state index contributed by atoms with van der Waals surface area (Å²) in [7, 11) is -2.97. The van der Waals surface area contributed by atoms with Crippen molar-refractivity contribution in [3.8, 4) is 0 Å². The van der Waals surface area contributed by atoms with Crippen LogP contribution < -0.4 is 20.5 Å². The highest BCUT2D eigenvalue weighted by molar-refractivity contribution is 7.90. The molecule has 0 spiro atoms. The second-order valence-electron chi connectivity index (χ2n) is 9.02. The summed E-state index contributed by atoms with van der Waals surface area (Å²) in [6.07, 6.45) is -0.797. The number of sulfonamides is 1. The minimum Gasteiger partial charge on any atom is -0.376 e. The van der Waals surface area contributed by atoms with Crippen LogP contribution in [0.4, 0.5) is 24.8 Å². The molecule has 38 heavy (non-hydrogen) atoms. The number of aromatic nitrogens is 3. The van der Waals surface area contributed by atoms with E-state index in [0.29, 0.717) is 0 Å². The zero-order valence-corrected chi connectivity index (χ0v) is 22.1. The van der Waals surface area contributed by atoms with Crippen LogP contribution in [-0.4, -0.2) is 47.9 Å². The summed E-state index contributed by atoms with van der Waals surface area (Å²) in [4.78, 5) is 34.5. The lowest BCUT2D eigenvalue weighted by molar-refractivity contribution is -0.117. The number of amides is 1. The Morgan fingerprint density at radius 3 is 2.47 bits per heavy atom. The molecular weight excluding hydrogens is 549 g/mol. The summed E-state index contributed by atoms with van der Waals surface area (Å²) in [6.45, 7) is 2.55. The number of carbonyl (C=O) groups is 1. The van der Waals surface area contributed by atoms with Crippen molar-refractivity contribution in [1.29, 1.82) is 0 Å². The minimum absolute atomic E-state index is 0.0239. The third-order valence-corrected chi connectivity index (χ3v) is 7.71. The minimum atomic E-state index is -4.40. The molecule has 1 aliphatic rings. The second kappa shape index (κ2) is 10.1. The van der Waals surface area contributed by atoms with E-state index in [0.717, 1.165) is 19.1 Å². The van der Waals surface area contributed by atoms with E-state index in [4.69, 9.17) is 11.6 Å². The molecule has 0 bridgehead atoms. The number of fused-ring (bicyclic) bond motifs is 1. The van der Waals surface area contributed by atoms with Gasteiger partial charge in [-0.2, -0.15) is 8.42 Å². The number of benzene rings is 1. The molecule has 1 fully saturated rings. The maximum absolute atomic E-state index is 14.6. The fraction of sp³-hybridized carbons (Fsp3) is 0.391. The van der Waals surface area contributed by atoms with Gasteiger partial charge in [0.25, 0.3) is 21.5 Å². The van der Waals surface area contributed by atoms with Gasteiger partial charge in [-0.05, 0) is 31.2 Å². The average molecular weight is 573 g/mol. The van der Waals surface area contributed by atoms with Crippen LogP contribution in [0, 0.1) is 5.82 Å². The van der Waals surface area contributed by atoms with E-state index < -0.39 is 57.1 Å². The summed E-state index contributed by atoms with van der Waals surface area (Å²) in [5.41, 5.74) is -0.290. The van der Waals surface area contributed by atoms with Crippen molar-refractivity contribution in [2.45, 2.75) is 43.7 Å². The molecule has 1 aromatic carbocycles. The number of halogens is 4. The van der Waals surface area contributed by atoms with Gasteiger partial charge in [0, 0.05) is 45.5 Å². The smallest absolute Gasteiger partial charge is 0.283 e. The molecule has 10 nitrogen and oxygen atoms in total. The fourth-order valence-electron chi connectivity index (χ4n) is 4.28. The van der Waals surface area contributed by atoms with Crippen LogP contribution in [0.1, 0.15) is 38.3 Å². The number of nitrogens with zero attached hydrogens (tertiary/aromatic N) is 4. The first kappa shape index (κ1) is 27.6. The third kappa shape index (κ3) is 5.55. The Balaban J connectivity index is 1.80. The number of piperidine rings is 1. The molecule has 204 valence electrons. The van der Waals surface area contributed by atoms with Gasteiger partial charge in [0.1, 0.15) is 11.0 Å². The van der Waals surface area contributed by atoms with E-state index in [1.807, 2.05) is 4.72 Å². The molecule has 1 amide bonds. The standard InChI is InChI=1S/C23H24ClF3N6O4S/c1-12(28-17-4-5-18(24)29-20(17)38(36,37)31-13(2)34)15-10-14(25)11-16-19(15)30-22(32(3)21(16)35)33-8-6-23(26,27)7-9-33/h4-5,10-12,28H,6-9H2,1-3H3,(H,31,34)/t12-/m1/s1. The Kier molecular flexibility index (Phi) is 7.32. The number of rotatable bonds is 6. The van der Waals surface area contributed by atoms with Crippen molar-refractivity contribution in [2.24, 2.45) is 7.05 Å². The monoisotopic (exact) mass is 572 g/mol. The SMILES string of the molecule is CC(=O)NS(=O)(=O)c1nc(Cl)ccc1N[C@H](C)c1cc(F)cc2c(=O)n(C)c(N3CCC(F)(F)CC3)nc12. The van der Waals surface area contributed by atoms with Crippen LogP contribution in [0.25, 0.3) is 10.9 Å². The van der Waals surface area contributed by atoms with Gasteiger partial charge >= 0.3 is 0 Å². The number of pyridine rings is 1.